The Labute approximate surface area is 101 Å². The Balaban J connectivity index is 2.18. The number of rotatable bonds is 3. The number of hydrogen-bond acceptors (Lipinski definition) is 4. The molecule has 0 radical (unpaired) electrons. The average Bonchev–Trinajstić information content (AvgIpc) is 2.78. The molecule has 1 heterocycles. The second kappa shape index (κ2) is 5.10. The quantitative estimate of drug-likeness (QED) is 0.779. The standard InChI is InChI=1S/C11H7FN2S2/c12-10(6-13)16-11-14-9(7-15-11)8-4-2-1-3-5-8/h1-5,7,10H. The van der Waals surface area contributed by atoms with Gasteiger partial charge in [-0.1, -0.05) is 30.3 Å². The predicted octanol–water partition coefficient (Wildman–Crippen LogP) is 3.72. The third kappa shape index (κ3) is 2.60. The fourth-order valence-electron chi connectivity index (χ4n) is 1.17. The maximum absolute atomic E-state index is 12.8. The van der Waals surface area contributed by atoms with Crippen molar-refractivity contribution in [3.8, 4) is 17.3 Å². The van der Waals surface area contributed by atoms with Crippen molar-refractivity contribution in [2.45, 2.75) is 9.84 Å². The van der Waals surface area contributed by atoms with Crippen molar-refractivity contribution >= 4 is 23.1 Å². The third-order valence-corrected chi connectivity index (χ3v) is 3.68. The van der Waals surface area contributed by atoms with Crippen molar-refractivity contribution in [2.24, 2.45) is 0 Å². The molecule has 2 rings (SSSR count). The Morgan fingerprint density at radius 1 is 1.38 bits per heavy atom. The second-order valence-electron chi connectivity index (χ2n) is 2.93. The maximum Gasteiger partial charge on any atom is 0.238 e. The fourth-order valence-corrected chi connectivity index (χ4v) is 2.72. The molecule has 2 nitrogen and oxygen atoms in total. The van der Waals surface area contributed by atoms with Crippen LogP contribution in [0.5, 0.6) is 0 Å². The minimum Gasteiger partial charge on any atom is -0.230 e. The molecule has 0 bridgehead atoms. The number of benzene rings is 1. The average molecular weight is 250 g/mol. The molecule has 1 aromatic heterocycles. The normalized spacial score (nSPS) is 12.0. The highest BCUT2D eigenvalue weighted by molar-refractivity contribution is 8.01. The van der Waals surface area contributed by atoms with Gasteiger partial charge in [0.05, 0.1) is 5.69 Å². The van der Waals surface area contributed by atoms with Crippen molar-refractivity contribution in [2.75, 3.05) is 0 Å². The van der Waals surface area contributed by atoms with Crippen LogP contribution in [0.3, 0.4) is 0 Å². The largest absolute Gasteiger partial charge is 0.238 e. The number of nitriles is 1. The zero-order valence-electron chi connectivity index (χ0n) is 8.13. The maximum atomic E-state index is 12.8. The molecule has 0 saturated heterocycles. The molecule has 1 unspecified atom stereocenters. The topological polar surface area (TPSA) is 36.7 Å². The summed E-state index contributed by atoms with van der Waals surface area (Å²) >= 11 is 2.19. The van der Waals surface area contributed by atoms with Crippen LogP contribution in [0.15, 0.2) is 40.1 Å². The molecule has 0 fully saturated rings. The predicted molar refractivity (Wildman–Crippen MR) is 63.9 cm³/mol. The van der Waals surface area contributed by atoms with Gasteiger partial charge < -0.3 is 0 Å². The van der Waals surface area contributed by atoms with E-state index < -0.39 is 5.50 Å². The van der Waals surface area contributed by atoms with Crippen molar-refractivity contribution in [3.05, 3.63) is 35.7 Å². The summed E-state index contributed by atoms with van der Waals surface area (Å²) in [5.74, 6) is 0. The van der Waals surface area contributed by atoms with Crippen LogP contribution in [0.4, 0.5) is 4.39 Å². The molecule has 0 saturated carbocycles. The van der Waals surface area contributed by atoms with Crippen molar-refractivity contribution in [3.63, 3.8) is 0 Å². The van der Waals surface area contributed by atoms with E-state index in [2.05, 4.69) is 4.98 Å². The first-order chi connectivity index (χ1) is 7.79. The number of hydrogen-bond donors (Lipinski definition) is 0. The lowest BCUT2D eigenvalue weighted by Crippen LogP contribution is -1.86. The highest BCUT2D eigenvalue weighted by Crippen LogP contribution is 2.30. The van der Waals surface area contributed by atoms with Gasteiger partial charge in [0.1, 0.15) is 6.07 Å². The Morgan fingerprint density at radius 2 is 2.12 bits per heavy atom. The van der Waals surface area contributed by atoms with E-state index in [0.717, 1.165) is 23.0 Å². The van der Waals surface area contributed by atoms with E-state index in [1.807, 2.05) is 35.7 Å². The molecule has 0 aliphatic heterocycles. The molecule has 2 aromatic rings. The zero-order valence-corrected chi connectivity index (χ0v) is 9.76. The second-order valence-corrected chi connectivity index (χ2v) is 5.08. The van der Waals surface area contributed by atoms with E-state index in [-0.39, 0.29) is 0 Å². The van der Waals surface area contributed by atoms with Gasteiger partial charge in [-0.2, -0.15) is 5.26 Å². The van der Waals surface area contributed by atoms with Crippen LogP contribution in [0.25, 0.3) is 11.3 Å². The molecular weight excluding hydrogens is 243 g/mol. The summed E-state index contributed by atoms with van der Waals surface area (Å²) in [7, 11) is 0. The lowest BCUT2D eigenvalue weighted by Gasteiger charge is -1.95. The summed E-state index contributed by atoms with van der Waals surface area (Å²) in [4.78, 5) is 4.26. The minimum atomic E-state index is -1.55. The molecule has 0 N–H and O–H groups in total. The smallest absolute Gasteiger partial charge is 0.230 e. The highest BCUT2D eigenvalue weighted by atomic mass is 32.2. The van der Waals surface area contributed by atoms with Crippen molar-refractivity contribution in [1.82, 2.24) is 4.98 Å². The van der Waals surface area contributed by atoms with E-state index in [1.165, 1.54) is 17.4 Å². The first-order valence-corrected chi connectivity index (χ1v) is 6.27. The van der Waals surface area contributed by atoms with Gasteiger partial charge in [-0.05, 0) is 11.8 Å². The molecule has 5 heteroatoms. The number of thiazole rings is 1. The lowest BCUT2D eigenvalue weighted by atomic mass is 10.2. The Morgan fingerprint density at radius 3 is 2.81 bits per heavy atom. The number of nitrogens with zero attached hydrogens (tertiary/aromatic N) is 2. The molecule has 80 valence electrons. The highest BCUT2D eigenvalue weighted by Gasteiger charge is 2.10. The van der Waals surface area contributed by atoms with Crippen LogP contribution >= 0.6 is 23.1 Å². The van der Waals surface area contributed by atoms with Gasteiger partial charge in [0, 0.05) is 10.9 Å². The van der Waals surface area contributed by atoms with Crippen molar-refractivity contribution in [1.29, 1.82) is 5.26 Å². The van der Waals surface area contributed by atoms with Gasteiger partial charge in [-0.25, -0.2) is 9.37 Å². The fraction of sp³-hybridized carbons (Fsp3) is 0.0909. The zero-order chi connectivity index (χ0) is 11.4. The third-order valence-electron chi connectivity index (χ3n) is 1.86. The van der Waals surface area contributed by atoms with Crippen LogP contribution in [0, 0.1) is 11.3 Å². The molecule has 1 atom stereocenters. The summed E-state index contributed by atoms with van der Waals surface area (Å²) < 4.78 is 13.4. The summed E-state index contributed by atoms with van der Waals surface area (Å²) in [6.45, 7) is 0. The van der Waals surface area contributed by atoms with E-state index >= 15 is 0 Å². The molecule has 16 heavy (non-hydrogen) atoms. The summed E-state index contributed by atoms with van der Waals surface area (Å²) in [5, 5.41) is 10.2. The summed E-state index contributed by atoms with van der Waals surface area (Å²) in [6, 6.07) is 11.2. The van der Waals surface area contributed by atoms with Gasteiger partial charge >= 0.3 is 0 Å². The molecule has 0 aliphatic carbocycles. The van der Waals surface area contributed by atoms with Crippen LogP contribution < -0.4 is 0 Å². The summed E-state index contributed by atoms with van der Waals surface area (Å²) in [6.07, 6.45) is 0. The number of thioether (sulfide) groups is 1. The van der Waals surface area contributed by atoms with Crippen LogP contribution in [-0.4, -0.2) is 10.5 Å². The van der Waals surface area contributed by atoms with E-state index in [0.29, 0.717) is 4.34 Å². The van der Waals surface area contributed by atoms with E-state index in [9.17, 15) is 4.39 Å². The summed E-state index contributed by atoms with van der Waals surface area (Å²) in [5.41, 5.74) is 0.269. The first-order valence-electron chi connectivity index (χ1n) is 4.51. The number of alkyl halides is 1. The molecule has 1 aromatic carbocycles. The minimum absolute atomic E-state index is 0.577. The van der Waals surface area contributed by atoms with Crippen LogP contribution in [-0.2, 0) is 0 Å². The van der Waals surface area contributed by atoms with E-state index in [4.69, 9.17) is 5.26 Å². The van der Waals surface area contributed by atoms with E-state index in [1.54, 1.807) is 0 Å². The molecule has 0 aliphatic rings. The van der Waals surface area contributed by atoms with Gasteiger partial charge in [0.15, 0.2) is 4.34 Å². The molecular formula is C11H7FN2S2. The van der Waals surface area contributed by atoms with Gasteiger partial charge in [0.25, 0.3) is 0 Å². The monoisotopic (exact) mass is 250 g/mol. The molecule has 0 amide bonds. The Bertz CT molecular complexity index is 504. The van der Waals surface area contributed by atoms with Gasteiger partial charge in [0.2, 0.25) is 5.50 Å². The number of aromatic nitrogens is 1. The first kappa shape index (κ1) is 11.1. The van der Waals surface area contributed by atoms with Crippen LogP contribution in [0.2, 0.25) is 0 Å². The lowest BCUT2D eigenvalue weighted by molar-refractivity contribution is 0.528. The Hall–Kier alpha value is -1.38. The molecule has 0 spiro atoms. The van der Waals surface area contributed by atoms with Gasteiger partial charge in [-0.3, -0.25) is 0 Å². The van der Waals surface area contributed by atoms with Crippen LogP contribution in [0.1, 0.15) is 0 Å². The van der Waals surface area contributed by atoms with Crippen molar-refractivity contribution < 1.29 is 4.39 Å². The SMILES string of the molecule is N#CC(F)Sc1nc(-c2ccccc2)cs1. The number of halogens is 1. The van der Waals surface area contributed by atoms with Gasteiger partial charge in [-0.15, -0.1) is 11.3 Å². The Kier molecular flexibility index (Phi) is 3.54.